The summed E-state index contributed by atoms with van der Waals surface area (Å²) in [6, 6.07) is 14.1. The summed E-state index contributed by atoms with van der Waals surface area (Å²) in [5.41, 5.74) is 0.473. The smallest absolute Gasteiger partial charge is 0.325 e. The lowest BCUT2D eigenvalue weighted by atomic mass is 10.2. The number of rotatable bonds is 10. The van der Waals surface area contributed by atoms with Crippen LogP contribution in [0.1, 0.15) is 23.7 Å². The van der Waals surface area contributed by atoms with E-state index in [-0.39, 0.29) is 25.7 Å². The van der Waals surface area contributed by atoms with E-state index in [4.69, 9.17) is 14.2 Å². The van der Waals surface area contributed by atoms with Crippen molar-refractivity contribution >= 4 is 27.8 Å². The standard InChI is InChI=1S/C20H22BrNO5/c1-2-11-25-17-7-9-18(10-8-17)26-12-13-27-19(23)14-22-20(24)15-3-5-16(21)6-4-15/h3-10H,2,11-14H2,1H3,(H,22,24). The van der Waals surface area contributed by atoms with Gasteiger partial charge in [-0.15, -0.1) is 0 Å². The van der Waals surface area contributed by atoms with Gasteiger partial charge in [0, 0.05) is 10.0 Å². The Bertz CT molecular complexity index is 731. The van der Waals surface area contributed by atoms with Crippen LogP contribution in [0.5, 0.6) is 11.5 Å². The summed E-state index contributed by atoms with van der Waals surface area (Å²) in [6.45, 7) is 2.85. The number of ether oxygens (including phenoxy) is 3. The van der Waals surface area contributed by atoms with Gasteiger partial charge in [-0.1, -0.05) is 22.9 Å². The number of hydrogen-bond donors (Lipinski definition) is 1. The topological polar surface area (TPSA) is 73.9 Å². The van der Waals surface area contributed by atoms with Crippen LogP contribution in [0.25, 0.3) is 0 Å². The van der Waals surface area contributed by atoms with E-state index in [1.165, 1.54) is 0 Å². The average molecular weight is 436 g/mol. The Morgan fingerprint density at radius 2 is 1.48 bits per heavy atom. The second-order valence-electron chi connectivity index (χ2n) is 5.58. The third kappa shape index (κ3) is 7.70. The lowest BCUT2D eigenvalue weighted by Gasteiger charge is -2.09. The monoisotopic (exact) mass is 435 g/mol. The van der Waals surface area contributed by atoms with E-state index in [2.05, 4.69) is 21.2 Å². The maximum Gasteiger partial charge on any atom is 0.325 e. The fourth-order valence-electron chi connectivity index (χ4n) is 2.07. The van der Waals surface area contributed by atoms with Gasteiger partial charge in [0.05, 0.1) is 6.61 Å². The first-order chi connectivity index (χ1) is 13.1. The minimum absolute atomic E-state index is 0.0983. The quantitative estimate of drug-likeness (QED) is 0.455. The highest BCUT2D eigenvalue weighted by Gasteiger charge is 2.08. The van der Waals surface area contributed by atoms with E-state index < -0.39 is 5.97 Å². The Labute approximate surface area is 166 Å². The van der Waals surface area contributed by atoms with Crippen molar-refractivity contribution in [1.29, 1.82) is 0 Å². The zero-order valence-corrected chi connectivity index (χ0v) is 16.7. The minimum atomic E-state index is -0.521. The molecule has 0 aliphatic carbocycles. The average Bonchev–Trinajstić information content (AvgIpc) is 2.69. The highest BCUT2D eigenvalue weighted by molar-refractivity contribution is 9.10. The molecule has 1 amide bonds. The zero-order valence-electron chi connectivity index (χ0n) is 15.1. The Balaban J connectivity index is 1.61. The van der Waals surface area contributed by atoms with Crippen molar-refractivity contribution in [2.75, 3.05) is 26.4 Å². The molecule has 0 aliphatic rings. The fraction of sp³-hybridized carbons (Fsp3) is 0.300. The summed E-state index contributed by atoms with van der Waals surface area (Å²) in [7, 11) is 0. The molecule has 0 radical (unpaired) electrons. The van der Waals surface area contributed by atoms with Crippen LogP contribution < -0.4 is 14.8 Å². The number of benzene rings is 2. The number of carbonyl (C=O) groups excluding carboxylic acids is 2. The van der Waals surface area contributed by atoms with Gasteiger partial charge in [-0.3, -0.25) is 9.59 Å². The maximum atomic E-state index is 11.9. The lowest BCUT2D eigenvalue weighted by molar-refractivity contribution is -0.143. The second-order valence-corrected chi connectivity index (χ2v) is 6.49. The van der Waals surface area contributed by atoms with Crippen molar-refractivity contribution in [3.63, 3.8) is 0 Å². The van der Waals surface area contributed by atoms with E-state index >= 15 is 0 Å². The normalized spacial score (nSPS) is 10.1. The van der Waals surface area contributed by atoms with E-state index in [0.717, 1.165) is 16.6 Å². The summed E-state index contributed by atoms with van der Waals surface area (Å²) in [4.78, 5) is 23.6. The Morgan fingerprint density at radius 1 is 0.889 bits per heavy atom. The molecule has 0 bridgehead atoms. The van der Waals surface area contributed by atoms with E-state index in [1.54, 1.807) is 36.4 Å². The molecule has 0 unspecified atom stereocenters. The molecule has 0 spiro atoms. The SMILES string of the molecule is CCCOc1ccc(OCCOC(=O)CNC(=O)c2ccc(Br)cc2)cc1. The van der Waals surface area contributed by atoms with Gasteiger partial charge in [0.25, 0.3) is 5.91 Å². The molecule has 0 aromatic heterocycles. The number of esters is 1. The number of carbonyl (C=O) groups is 2. The largest absolute Gasteiger partial charge is 0.494 e. The molecule has 144 valence electrons. The van der Waals surface area contributed by atoms with Crippen LogP contribution in [0.3, 0.4) is 0 Å². The van der Waals surface area contributed by atoms with Gasteiger partial charge < -0.3 is 19.5 Å². The van der Waals surface area contributed by atoms with Gasteiger partial charge in [0.1, 0.15) is 31.3 Å². The molecule has 0 aliphatic heterocycles. The second kappa shape index (κ2) is 11.2. The van der Waals surface area contributed by atoms with Gasteiger partial charge >= 0.3 is 5.97 Å². The first-order valence-electron chi connectivity index (χ1n) is 8.63. The van der Waals surface area contributed by atoms with Crippen molar-refractivity contribution < 1.29 is 23.8 Å². The molecule has 2 rings (SSSR count). The first-order valence-corrected chi connectivity index (χ1v) is 9.43. The number of hydrogen-bond acceptors (Lipinski definition) is 5. The highest BCUT2D eigenvalue weighted by atomic mass is 79.9. The number of halogens is 1. The molecule has 1 N–H and O–H groups in total. The Kier molecular flexibility index (Phi) is 8.64. The predicted molar refractivity (Wildman–Crippen MR) is 105 cm³/mol. The molecular formula is C20H22BrNO5. The van der Waals surface area contributed by atoms with E-state index in [0.29, 0.717) is 17.9 Å². The summed E-state index contributed by atoms with van der Waals surface area (Å²) < 4.78 is 16.9. The molecule has 7 heteroatoms. The van der Waals surface area contributed by atoms with Crippen LogP contribution in [0, 0.1) is 0 Å². The van der Waals surface area contributed by atoms with Crippen LogP contribution >= 0.6 is 15.9 Å². The summed E-state index contributed by atoms with van der Waals surface area (Å²) in [5, 5.41) is 2.52. The Morgan fingerprint density at radius 3 is 2.07 bits per heavy atom. The molecule has 2 aromatic rings. The minimum Gasteiger partial charge on any atom is -0.494 e. The molecular weight excluding hydrogens is 414 g/mol. The van der Waals surface area contributed by atoms with Gasteiger partial charge in [-0.25, -0.2) is 0 Å². The molecule has 2 aromatic carbocycles. The van der Waals surface area contributed by atoms with Crippen molar-refractivity contribution in [2.45, 2.75) is 13.3 Å². The van der Waals surface area contributed by atoms with Gasteiger partial charge in [-0.2, -0.15) is 0 Å². The van der Waals surface area contributed by atoms with Crippen molar-refractivity contribution in [2.24, 2.45) is 0 Å². The molecule has 6 nitrogen and oxygen atoms in total. The first kappa shape index (κ1) is 20.8. The Hall–Kier alpha value is -2.54. The number of nitrogens with one attached hydrogen (secondary N) is 1. The van der Waals surface area contributed by atoms with Gasteiger partial charge in [-0.05, 0) is 55.0 Å². The molecule has 0 saturated heterocycles. The maximum absolute atomic E-state index is 11.9. The lowest BCUT2D eigenvalue weighted by Crippen LogP contribution is -2.31. The third-order valence-electron chi connectivity index (χ3n) is 3.41. The van der Waals surface area contributed by atoms with Crippen LogP contribution in [0.15, 0.2) is 53.0 Å². The fourth-order valence-corrected chi connectivity index (χ4v) is 2.34. The van der Waals surface area contributed by atoms with Gasteiger partial charge in [0.2, 0.25) is 0 Å². The summed E-state index contributed by atoms with van der Waals surface area (Å²) in [6.07, 6.45) is 0.952. The number of amides is 1. The van der Waals surface area contributed by atoms with Crippen molar-refractivity contribution in [3.05, 3.63) is 58.6 Å². The summed E-state index contributed by atoms with van der Waals surface area (Å²) >= 11 is 3.30. The molecule has 0 fully saturated rings. The zero-order chi connectivity index (χ0) is 19.5. The molecule has 0 atom stereocenters. The van der Waals surface area contributed by atoms with Crippen LogP contribution in [-0.4, -0.2) is 38.2 Å². The molecule has 27 heavy (non-hydrogen) atoms. The van der Waals surface area contributed by atoms with E-state index in [9.17, 15) is 9.59 Å². The summed E-state index contributed by atoms with van der Waals surface area (Å²) in [5.74, 6) is 0.601. The third-order valence-corrected chi connectivity index (χ3v) is 3.94. The van der Waals surface area contributed by atoms with Crippen molar-refractivity contribution in [3.8, 4) is 11.5 Å². The van der Waals surface area contributed by atoms with Gasteiger partial charge in [0.15, 0.2) is 0 Å². The predicted octanol–water partition coefficient (Wildman–Crippen LogP) is 3.59. The van der Waals surface area contributed by atoms with Crippen LogP contribution in [0.2, 0.25) is 0 Å². The highest BCUT2D eigenvalue weighted by Crippen LogP contribution is 2.17. The van der Waals surface area contributed by atoms with Crippen LogP contribution in [-0.2, 0) is 9.53 Å². The van der Waals surface area contributed by atoms with Crippen LogP contribution in [0.4, 0.5) is 0 Å². The van der Waals surface area contributed by atoms with Crippen molar-refractivity contribution in [1.82, 2.24) is 5.32 Å². The molecule has 0 saturated carbocycles. The van der Waals surface area contributed by atoms with E-state index in [1.807, 2.05) is 19.1 Å². The molecule has 0 heterocycles.